The summed E-state index contributed by atoms with van der Waals surface area (Å²) in [5.74, 6) is -0.0459. The van der Waals surface area contributed by atoms with Crippen molar-refractivity contribution < 1.29 is 13.9 Å². The smallest absolute Gasteiger partial charge is 0.349 e. The van der Waals surface area contributed by atoms with E-state index < -0.39 is 11.5 Å². The molecule has 4 rings (SSSR count). The maximum absolute atomic E-state index is 12.8. The number of hydrogen-bond donors (Lipinski definition) is 1. The molecule has 4 aromatic rings. The van der Waals surface area contributed by atoms with Gasteiger partial charge in [-0.15, -0.1) is 11.3 Å². The molecule has 0 fully saturated rings. The van der Waals surface area contributed by atoms with Crippen LogP contribution in [0.4, 0.5) is 0 Å². The molecular formula is C22H21N3O4S. The number of hydrogen-bond acceptors (Lipinski definition) is 6. The fourth-order valence-electron chi connectivity index (χ4n) is 3.47. The summed E-state index contributed by atoms with van der Waals surface area (Å²) in [6.07, 6.45) is 0. The normalized spacial score (nSPS) is 12.1. The summed E-state index contributed by atoms with van der Waals surface area (Å²) in [5.41, 5.74) is 1.47. The molecule has 0 saturated carbocycles. The highest BCUT2D eigenvalue weighted by Gasteiger charge is 2.21. The molecule has 0 aliphatic rings. The van der Waals surface area contributed by atoms with Crippen molar-refractivity contribution in [3.05, 3.63) is 80.1 Å². The SMILES string of the molecule is COc1cccc2cc(C(=O)NCC(c3cccs3)n3nc(C)cc3C)c(=O)oc12. The van der Waals surface area contributed by atoms with E-state index in [1.54, 1.807) is 29.5 Å². The summed E-state index contributed by atoms with van der Waals surface area (Å²) in [4.78, 5) is 26.3. The van der Waals surface area contributed by atoms with Gasteiger partial charge in [-0.3, -0.25) is 9.48 Å². The van der Waals surface area contributed by atoms with Crippen molar-refractivity contribution >= 4 is 28.2 Å². The summed E-state index contributed by atoms with van der Waals surface area (Å²) in [5, 5.41) is 10.1. The van der Waals surface area contributed by atoms with Crippen LogP contribution in [-0.2, 0) is 0 Å². The molecule has 1 atom stereocenters. The van der Waals surface area contributed by atoms with Crippen molar-refractivity contribution in [3.8, 4) is 5.75 Å². The molecule has 154 valence electrons. The molecule has 3 heterocycles. The van der Waals surface area contributed by atoms with Gasteiger partial charge in [0.25, 0.3) is 5.91 Å². The molecule has 0 aliphatic carbocycles. The molecule has 7 nitrogen and oxygen atoms in total. The lowest BCUT2D eigenvalue weighted by Gasteiger charge is -2.19. The number of aromatic nitrogens is 2. The van der Waals surface area contributed by atoms with Gasteiger partial charge in [-0.2, -0.15) is 5.10 Å². The van der Waals surface area contributed by atoms with Gasteiger partial charge in [0, 0.05) is 22.5 Å². The van der Waals surface area contributed by atoms with E-state index in [1.807, 2.05) is 42.1 Å². The van der Waals surface area contributed by atoms with Gasteiger partial charge in [-0.1, -0.05) is 18.2 Å². The van der Waals surface area contributed by atoms with E-state index in [9.17, 15) is 9.59 Å². The molecule has 8 heteroatoms. The lowest BCUT2D eigenvalue weighted by molar-refractivity contribution is 0.0945. The van der Waals surface area contributed by atoms with Gasteiger partial charge in [0.1, 0.15) is 11.6 Å². The summed E-state index contributed by atoms with van der Waals surface area (Å²) >= 11 is 1.59. The highest BCUT2D eigenvalue weighted by molar-refractivity contribution is 7.10. The summed E-state index contributed by atoms with van der Waals surface area (Å²) in [7, 11) is 1.50. The number of benzene rings is 1. The van der Waals surface area contributed by atoms with Crippen LogP contribution in [0.25, 0.3) is 11.0 Å². The van der Waals surface area contributed by atoms with Crippen LogP contribution in [-0.4, -0.2) is 29.3 Å². The average Bonchev–Trinajstić information content (AvgIpc) is 3.37. The quantitative estimate of drug-likeness (QED) is 0.478. The zero-order chi connectivity index (χ0) is 21.3. The van der Waals surface area contributed by atoms with Gasteiger partial charge in [0.15, 0.2) is 11.3 Å². The zero-order valence-corrected chi connectivity index (χ0v) is 17.7. The molecule has 1 amide bonds. The fraction of sp³-hybridized carbons (Fsp3) is 0.227. The van der Waals surface area contributed by atoms with Gasteiger partial charge in [0.2, 0.25) is 0 Å². The number of para-hydroxylation sites is 1. The minimum absolute atomic E-state index is 0.0472. The maximum atomic E-state index is 12.8. The second-order valence-electron chi connectivity index (χ2n) is 6.94. The minimum Gasteiger partial charge on any atom is -0.493 e. The van der Waals surface area contributed by atoms with Crippen LogP contribution in [0.2, 0.25) is 0 Å². The van der Waals surface area contributed by atoms with Crippen molar-refractivity contribution in [1.82, 2.24) is 15.1 Å². The van der Waals surface area contributed by atoms with Crippen LogP contribution in [0.15, 0.2) is 57.1 Å². The largest absolute Gasteiger partial charge is 0.493 e. The number of nitrogens with one attached hydrogen (secondary N) is 1. The van der Waals surface area contributed by atoms with Gasteiger partial charge in [0.05, 0.1) is 12.8 Å². The van der Waals surface area contributed by atoms with Crippen LogP contribution >= 0.6 is 11.3 Å². The number of aryl methyl sites for hydroxylation is 2. The third-order valence-corrected chi connectivity index (χ3v) is 5.83. The third-order valence-electron chi connectivity index (χ3n) is 4.86. The van der Waals surface area contributed by atoms with Gasteiger partial charge in [-0.25, -0.2) is 4.79 Å². The Morgan fingerprint density at radius 2 is 2.10 bits per heavy atom. The molecule has 0 saturated heterocycles. The van der Waals surface area contributed by atoms with Crippen LogP contribution in [0.5, 0.6) is 5.75 Å². The molecule has 0 spiro atoms. The molecule has 1 N–H and O–H groups in total. The average molecular weight is 423 g/mol. The number of nitrogens with zero attached hydrogens (tertiary/aromatic N) is 2. The van der Waals surface area contributed by atoms with Crippen LogP contribution in [0, 0.1) is 13.8 Å². The minimum atomic E-state index is -0.705. The van der Waals surface area contributed by atoms with E-state index in [0.29, 0.717) is 16.7 Å². The number of methoxy groups -OCH3 is 1. The molecular weight excluding hydrogens is 402 g/mol. The lowest BCUT2D eigenvalue weighted by atomic mass is 10.1. The van der Waals surface area contributed by atoms with E-state index in [4.69, 9.17) is 9.15 Å². The third kappa shape index (κ3) is 3.73. The zero-order valence-electron chi connectivity index (χ0n) is 16.8. The molecule has 0 bridgehead atoms. The lowest BCUT2D eigenvalue weighted by Crippen LogP contribution is -2.34. The van der Waals surface area contributed by atoms with Crippen molar-refractivity contribution in [2.45, 2.75) is 19.9 Å². The number of rotatable bonds is 6. The Morgan fingerprint density at radius 1 is 1.27 bits per heavy atom. The van der Waals surface area contributed by atoms with Crippen molar-refractivity contribution in [3.63, 3.8) is 0 Å². The predicted octanol–water partition coefficient (Wildman–Crippen LogP) is 3.70. The predicted molar refractivity (Wildman–Crippen MR) is 116 cm³/mol. The van der Waals surface area contributed by atoms with E-state index >= 15 is 0 Å². The van der Waals surface area contributed by atoms with Crippen LogP contribution in [0.3, 0.4) is 0 Å². The first-order chi connectivity index (χ1) is 14.5. The number of amides is 1. The Labute approximate surface area is 176 Å². The molecule has 1 unspecified atom stereocenters. The number of thiophene rings is 1. The second-order valence-corrected chi connectivity index (χ2v) is 7.92. The van der Waals surface area contributed by atoms with Crippen LogP contribution < -0.4 is 15.7 Å². The number of fused-ring (bicyclic) bond motifs is 1. The first-order valence-corrected chi connectivity index (χ1v) is 10.3. The first kappa shape index (κ1) is 19.9. The summed E-state index contributed by atoms with van der Waals surface area (Å²) in [6, 6.07) is 12.6. The summed E-state index contributed by atoms with van der Waals surface area (Å²) in [6.45, 7) is 4.20. The van der Waals surface area contributed by atoms with Crippen molar-refractivity contribution in [2.24, 2.45) is 0 Å². The molecule has 0 radical (unpaired) electrons. The van der Waals surface area contributed by atoms with Gasteiger partial charge < -0.3 is 14.5 Å². The first-order valence-electron chi connectivity index (χ1n) is 9.43. The van der Waals surface area contributed by atoms with E-state index in [1.165, 1.54) is 13.2 Å². The Balaban J connectivity index is 1.62. The molecule has 0 aliphatic heterocycles. The van der Waals surface area contributed by atoms with Crippen molar-refractivity contribution in [1.29, 1.82) is 0 Å². The topological polar surface area (TPSA) is 86.4 Å². The Hall–Kier alpha value is -3.39. The van der Waals surface area contributed by atoms with Gasteiger partial charge >= 0.3 is 5.63 Å². The van der Waals surface area contributed by atoms with E-state index in [2.05, 4.69) is 10.4 Å². The standard InChI is InChI=1S/C22H21N3O4S/c1-13-10-14(2)25(24-13)17(19-8-5-9-30-19)12-23-21(26)16-11-15-6-4-7-18(28-3)20(15)29-22(16)27/h4-11,17H,12H2,1-3H3,(H,23,26). The summed E-state index contributed by atoms with van der Waals surface area (Å²) < 4.78 is 12.5. The molecule has 30 heavy (non-hydrogen) atoms. The van der Waals surface area contributed by atoms with Gasteiger partial charge in [-0.05, 0) is 43.5 Å². The number of ether oxygens (including phenoxy) is 1. The number of carbonyl (C=O) groups is 1. The van der Waals surface area contributed by atoms with E-state index in [-0.39, 0.29) is 18.2 Å². The van der Waals surface area contributed by atoms with Crippen LogP contribution in [0.1, 0.15) is 32.7 Å². The monoisotopic (exact) mass is 423 g/mol. The highest BCUT2D eigenvalue weighted by Crippen LogP contribution is 2.26. The highest BCUT2D eigenvalue weighted by atomic mass is 32.1. The number of carbonyl (C=O) groups excluding carboxylic acids is 1. The Kier molecular flexibility index (Phi) is 5.41. The Morgan fingerprint density at radius 3 is 2.77 bits per heavy atom. The Bertz CT molecular complexity index is 1260. The second kappa shape index (κ2) is 8.16. The maximum Gasteiger partial charge on any atom is 0.349 e. The fourth-order valence-corrected chi connectivity index (χ4v) is 4.28. The molecule has 3 aromatic heterocycles. The van der Waals surface area contributed by atoms with Crippen molar-refractivity contribution in [2.75, 3.05) is 13.7 Å². The van der Waals surface area contributed by atoms with E-state index in [0.717, 1.165) is 16.3 Å². The molecule has 1 aromatic carbocycles.